The zero-order valence-corrected chi connectivity index (χ0v) is 13.7. The van der Waals surface area contributed by atoms with Gasteiger partial charge in [0.25, 0.3) is 5.91 Å². The van der Waals surface area contributed by atoms with E-state index in [9.17, 15) is 4.79 Å². The molecule has 0 aromatic carbocycles. The van der Waals surface area contributed by atoms with E-state index in [-0.39, 0.29) is 0 Å². The number of primary amides is 1. The molecule has 0 spiro atoms. The van der Waals surface area contributed by atoms with Crippen molar-refractivity contribution in [3.63, 3.8) is 0 Å². The zero-order valence-electron chi connectivity index (χ0n) is 13.7. The highest BCUT2D eigenvalue weighted by Crippen LogP contribution is 2.61. The lowest BCUT2D eigenvalue weighted by Gasteiger charge is -2.60. The number of carbonyl (C=O) groups is 1. The summed E-state index contributed by atoms with van der Waals surface area (Å²) in [4.78, 5) is 19.1. The van der Waals surface area contributed by atoms with Gasteiger partial charge in [0.15, 0.2) is 0 Å². The molecule has 2 bridgehead atoms. The van der Waals surface area contributed by atoms with Crippen molar-refractivity contribution in [2.45, 2.75) is 33.1 Å². The molecule has 2 aromatic heterocycles. The Balaban J connectivity index is 1.59. The smallest absolute Gasteiger partial charge is 0.252 e. The van der Waals surface area contributed by atoms with E-state index in [0.29, 0.717) is 16.9 Å². The van der Waals surface area contributed by atoms with Crippen molar-refractivity contribution in [1.29, 1.82) is 0 Å². The molecule has 3 atom stereocenters. The maximum Gasteiger partial charge on any atom is 0.252 e. The first kappa shape index (κ1) is 14.5. The second-order valence-electron chi connectivity index (χ2n) is 7.73. The maximum absolute atomic E-state index is 11.7. The highest BCUT2D eigenvalue weighted by Gasteiger charge is 2.53. The molecule has 1 amide bonds. The monoisotopic (exact) mass is 312 g/mol. The molecule has 3 saturated carbocycles. The molecule has 5 rings (SSSR count). The summed E-state index contributed by atoms with van der Waals surface area (Å²) in [6.45, 7) is 5.71. The van der Waals surface area contributed by atoms with E-state index in [1.807, 2.05) is 12.3 Å². The summed E-state index contributed by atoms with van der Waals surface area (Å²) in [5, 5.41) is 4.46. The normalized spacial score (nSPS) is 28.3. The fraction of sp³-hybridized carbons (Fsp3) is 0.556. The highest BCUT2D eigenvalue weighted by molar-refractivity contribution is 6.05. The number of nitrogens with two attached hydrogens (primary N) is 1. The van der Waals surface area contributed by atoms with Crippen LogP contribution in [-0.2, 0) is 0 Å². The summed E-state index contributed by atoms with van der Waals surface area (Å²) in [7, 11) is 0. The number of pyridine rings is 1. The first-order valence-corrected chi connectivity index (χ1v) is 8.48. The van der Waals surface area contributed by atoms with Crippen LogP contribution in [-0.4, -0.2) is 22.4 Å². The number of fused-ring (bicyclic) bond motifs is 3. The molecule has 3 fully saturated rings. The van der Waals surface area contributed by atoms with Gasteiger partial charge in [-0.25, -0.2) is 4.98 Å². The van der Waals surface area contributed by atoms with Crippen LogP contribution in [0.15, 0.2) is 18.5 Å². The summed E-state index contributed by atoms with van der Waals surface area (Å²) < 4.78 is 0. The molecule has 2 aromatic rings. The Hall–Kier alpha value is -2.04. The van der Waals surface area contributed by atoms with E-state index in [1.54, 1.807) is 6.20 Å². The molecule has 3 aliphatic rings. The number of hydrogen-bond donors (Lipinski definition) is 3. The third kappa shape index (κ3) is 2.13. The molecule has 5 nitrogen and oxygen atoms in total. The van der Waals surface area contributed by atoms with E-state index in [4.69, 9.17) is 5.73 Å². The quantitative estimate of drug-likeness (QED) is 0.811. The lowest BCUT2D eigenvalue weighted by atomic mass is 9.45. The summed E-state index contributed by atoms with van der Waals surface area (Å²) in [6.07, 6.45) is 7.37. The van der Waals surface area contributed by atoms with Gasteiger partial charge in [-0.1, -0.05) is 13.8 Å². The number of H-pyrrole nitrogens is 1. The van der Waals surface area contributed by atoms with Gasteiger partial charge >= 0.3 is 0 Å². The van der Waals surface area contributed by atoms with E-state index in [2.05, 4.69) is 29.1 Å². The number of nitrogens with one attached hydrogen (secondary N) is 2. The minimum absolute atomic E-state index is 0.434. The minimum Gasteiger partial charge on any atom is -0.383 e. The summed E-state index contributed by atoms with van der Waals surface area (Å²) in [6, 6.07) is 1.95. The van der Waals surface area contributed by atoms with E-state index in [0.717, 1.165) is 35.1 Å². The zero-order chi connectivity index (χ0) is 16.2. The number of aromatic nitrogens is 2. The van der Waals surface area contributed by atoms with Crippen molar-refractivity contribution < 1.29 is 4.79 Å². The molecular weight excluding hydrogens is 288 g/mol. The van der Waals surface area contributed by atoms with Crippen molar-refractivity contribution in [1.82, 2.24) is 9.97 Å². The van der Waals surface area contributed by atoms with E-state index in [1.165, 1.54) is 19.3 Å². The number of nitrogens with zero attached hydrogens (tertiary/aromatic N) is 1. The molecule has 3 aliphatic carbocycles. The molecule has 0 unspecified atom stereocenters. The number of hydrogen-bond acceptors (Lipinski definition) is 3. The molecule has 0 saturated heterocycles. The van der Waals surface area contributed by atoms with Crippen molar-refractivity contribution in [2.75, 3.05) is 11.9 Å². The van der Waals surface area contributed by atoms with Gasteiger partial charge in [0.05, 0.1) is 11.3 Å². The van der Waals surface area contributed by atoms with Crippen molar-refractivity contribution >= 4 is 22.6 Å². The summed E-state index contributed by atoms with van der Waals surface area (Å²) in [5.41, 5.74) is 8.08. The lowest BCUT2D eigenvalue weighted by molar-refractivity contribution is -0.100. The second kappa shape index (κ2) is 4.98. The Bertz CT molecular complexity index is 761. The molecule has 2 heterocycles. The lowest BCUT2D eigenvalue weighted by Crippen LogP contribution is -2.53. The third-order valence-corrected chi connectivity index (χ3v) is 6.39. The van der Waals surface area contributed by atoms with Crippen LogP contribution in [0.4, 0.5) is 5.69 Å². The maximum atomic E-state index is 11.7. The number of rotatable bonds is 4. The van der Waals surface area contributed by atoms with Crippen molar-refractivity contribution in [3.8, 4) is 0 Å². The van der Waals surface area contributed by atoms with Crippen LogP contribution in [0.5, 0.6) is 0 Å². The molecule has 0 radical (unpaired) electrons. The predicted molar refractivity (Wildman–Crippen MR) is 91.2 cm³/mol. The largest absolute Gasteiger partial charge is 0.383 e. The number of anilines is 1. The molecule has 0 aliphatic heterocycles. The SMILES string of the molecule is CC1(C)[C@@H]2CC[C@@H](CNc3c(C(N)=O)cnc4[nH]ccc34)[C@@H]1C2. The number of amides is 1. The number of aromatic amines is 1. The third-order valence-electron chi connectivity index (χ3n) is 6.39. The van der Waals surface area contributed by atoms with Gasteiger partial charge in [0, 0.05) is 24.3 Å². The molecule has 122 valence electrons. The van der Waals surface area contributed by atoms with Crippen molar-refractivity contribution in [2.24, 2.45) is 28.9 Å². The van der Waals surface area contributed by atoms with E-state index >= 15 is 0 Å². The van der Waals surface area contributed by atoms with Gasteiger partial charge in [-0.05, 0) is 48.5 Å². The van der Waals surface area contributed by atoms with E-state index < -0.39 is 5.91 Å². The molecular formula is C18H24N4O. The summed E-state index contributed by atoms with van der Waals surface area (Å²) >= 11 is 0. The van der Waals surface area contributed by atoms with Crippen molar-refractivity contribution in [3.05, 3.63) is 24.0 Å². The average molecular weight is 312 g/mol. The van der Waals surface area contributed by atoms with Gasteiger partial charge in [-0.3, -0.25) is 4.79 Å². The topological polar surface area (TPSA) is 83.8 Å². The Morgan fingerprint density at radius 3 is 3.00 bits per heavy atom. The molecule has 5 heteroatoms. The predicted octanol–water partition coefficient (Wildman–Crippen LogP) is 3.15. The standard InChI is InChI=1S/C18H24N4O/c1-18(2)11-4-3-10(14(18)7-11)8-21-15-12-5-6-20-17(12)22-9-13(15)16(19)23/h5-6,9-11,14H,3-4,7-8H2,1-2H3,(H2,19,23)(H2,20,21,22)/t10-,11+,14-/m0/s1. The first-order chi connectivity index (χ1) is 11.0. The Morgan fingerprint density at radius 2 is 2.30 bits per heavy atom. The summed E-state index contributed by atoms with van der Waals surface area (Å²) in [5.74, 6) is 1.92. The average Bonchev–Trinajstić information content (AvgIpc) is 3.01. The Kier molecular flexibility index (Phi) is 3.15. The Labute approximate surface area is 136 Å². The van der Waals surface area contributed by atoms with Crippen LogP contribution in [0.2, 0.25) is 0 Å². The van der Waals surface area contributed by atoms with Crippen LogP contribution < -0.4 is 11.1 Å². The van der Waals surface area contributed by atoms with Gasteiger partial charge < -0.3 is 16.0 Å². The fourth-order valence-corrected chi connectivity index (χ4v) is 4.83. The van der Waals surface area contributed by atoms with Crippen LogP contribution in [0, 0.1) is 23.2 Å². The van der Waals surface area contributed by atoms with Gasteiger partial charge in [-0.2, -0.15) is 0 Å². The molecule has 23 heavy (non-hydrogen) atoms. The van der Waals surface area contributed by atoms with Crippen LogP contribution in [0.25, 0.3) is 11.0 Å². The highest BCUT2D eigenvalue weighted by atomic mass is 16.1. The fourth-order valence-electron chi connectivity index (χ4n) is 4.83. The van der Waals surface area contributed by atoms with Gasteiger partial charge in [0.1, 0.15) is 5.65 Å². The van der Waals surface area contributed by atoms with Gasteiger partial charge in [-0.15, -0.1) is 0 Å². The molecule has 4 N–H and O–H groups in total. The Morgan fingerprint density at radius 1 is 1.48 bits per heavy atom. The van der Waals surface area contributed by atoms with Crippen LogP contribution >= 0.6 is 0 Å². The second-order valence-corrected chi connectivity index (χ2v) is 7.73. The van der Waals surface area contributed by atoms with Crippen LogP contribution in [0.1, 0.15) is 43.5 Å². The first-order valence-electron chi connectivity index (χ1n) is 8.48. The van der Waals surface area contributed by atoms with Crippen LogP contribution in [0.3, 0.4) is 0 Å². The number of carbonyl (C=O) groups excluding carboxylic acids is 1. The van der Waals surface area contributed by atoms with Gasteiger partial charge in [0.2, 0.25) is 0 Å². The minimum atomic E-state index is -0.434.